The van der Waals surface area contributed by atoms with E-state index < -0.39 is 0 Å². The topological polar surface area (TPSA) is 90.3 Å². The van der Waals surface area contributed by atoms with Gasteiger partial charge in [-0.2, -0.15) is 0 Å². The van der Waals surface area contributed by atoms with Crippen molar-refractivity contribution in [3.8, 4) is 11.5 Å². The Kier molecular flexibility index (Phi) is 5.49. The lowest BCUT2D eigenvalue weighted by Crippen LogP contribution is -2.29. The van der Waals surface area contributed by atoms with Crippen LogP contribution in [0.15, 0.2) is 24.4 Å². The molecule has 2 N–H and O–H groups in total. The van der Waals surface area contributed by atoms with E-state index in [0.717, 1.165) is 25.9 Å². The molecule has 2 heterocycles. The summed E-state index contributed by atoms with van der Waals surface area (Å²) in [7, 11) is 1.58. The number of nitrogens with zero attached hydrogens (tertiary/aromatic N) is 3. The number of anilines is 1. The van der Waals surface area contributed by atoms with Crippen LogP contribution < -0.4 is 20.1 Å². The van der Waals surface area contributed by atoms with Crippen molar-refractivity contribution in [3.63, 3.8) is 0 Å². The average molecular weight is 345 g/mol. The fourth-order valence-electron chi connectivity index (χ4n) is 2.85. The number of benzene rings is 1. The summed E-state index contributed by atoms with van der Waals surface area (Å²) in [4.78, 5) is 12.4. The quantitative estimate of drug-likeness (QED) is 0.830. The summed E-state index contributed by atoms with van der Waals surface area (Å²) in [5.74, 6) is 0.908. The first-order valence-corrected chi connectivity index (χ1v) is 8.46. The molecule has 8 heteroatoms. The number of hydrogen-bond donors (Lipinski definition) is 2. The van der Waals surface area contributed by atoms with Crippen LogP contribution in [-0.2, 0) is 0 Å². The Labute approximate surface area is 146 Å². The van der Waals surface area contributed by atoms with Gasteiger partial charge in [0.25, 0.3) is 5.91 Å². The molecule has 1 fully saturated rings. The number of nitrogens with one attached hydrogen (secondary N) is 2. The number of carbonyl (C=O) groups is 1. The van der Waals surface area contributed by atoms with Gasteiger partial charge in [-0.05, 0) is 45.0 Å². The molecular formula is C17H23N5O3. The largest absolute Gasteiger partial charge is 0.493 e. The molecular weight excluding hydrogens is 322 g/mol. The maximum atomic E-state index is 12.4. The van der Waals surface area contributed by atoms with Gasteiger partial charge in [0, 0.05) is 11.8 Å². The molecule has 1 aliphatic rings. The standard InChI is InChI=1S/C17H23N5O3/c1-3-25-16-10-12(4-5-15(16)24-2)19-17(23)14-11-22(21-20-14)13-6-8-18-9-7-13/h4-5,10-11,13,18H,3,6-9H2,1-2H3,(H,19,23). The zero-order valence-corrected chi connectivity index (χ0v) is 14.5. The molecule has 3 rings (SSSR count). The van der Waals surface area contributed by atoms with E-state index in [0.29, 0.717) is 35.5 Å². The van der Waals surface area contributed by atoms with Crippen LogP contribution in [0.25, 0.3) is 0 Å². The summed E-state index contributed by atoms with van der Waals surface area (Å²) in [6.07, 6.45) is 3.68. The number of piperidine rings is 1. The lowest BCUT2D eigenvalue weighted by molar-refractivity contribution is 0.102. The van der Waals surface area contributed by atoms with Gasteiger partial charge in [0.15, 0.2) is 17.2 Å². The van der Waals surface area contributed by atoms with Crippen molar-refractivity contribution in [1.82, 2.24) is 20.3 Å². The smallest absolute Gasteiger partial charge is 0.277 e. The third-order valence-corrected chi connectivity index (χ3v) is 4.15. The van der Waals surface area contributed by atoms with Crippen LogP contribution in [0.1, 0.15) is 36.3 Å². The molecule has 1 aromatic carbocycles. The van der Waals surface area contributed by atoms with Crippen molar-refractivity contribution in [3.05, 3.63) is 30.1 Å². The summed E-state index contributed by atoms with van der Waals surface area (Å²) < 4.78 is 12.6. The van der Waals surface area contributed by atoms with Crippen LogP contribution in [0.5, 0.6) is 11.5 Å². The highest BCUT2D eigenvalue weighted by molar-refractivity contribution is 6.02. The summed E-state index contributed by atoms with van der Waals surface area (Å²) in [6, 6.07) is 5.54. The predicted molar refractivity (Wildman–Crippen MR) is 93.3 cm³/mol. The van der Waals surface area contributed by atoms with Gasteiger partial charge in [-0.3, -0.25) is 4.79 Å². The van der Waals surface area contributed by atoms with Crippen molar-refractivity contribution in [2.24, 2.45) is 0 Å². The van der Waals surface area contributed by atoms with E-state index >= 15 is 0 Å². The van der Waals surface area contributed by atoms with Crippen LogP contribution in [0.4, 0.5) is 5.69 Å². The van der Waals surface area contributed by atoms with Gasteiger partial charge in [-0.25, -0.2) is 4.68 Å². The van der Waals surface area contributed by atoms with Gasteiger partial charge in [0.05, 0.1) is 26.0 Å². The average Bonchev–Trinajstić information content (AvgIpc) is 3.13. The minimum Gasteiger partial charge on any atom is -0.493 e. The Morgan fingerprint density at radius 2 is 2.16 bits per heavy atom. The molecule has 0 bridgehead atoms. The third-order valence-electron chi connectivity index (χ3n) is 4.15. The molecule has 0 aliphatic carbocycles. The fourth-order valence-corrected chi connectivity index (χ4v) is 2.85. The summed E-state index contributed by atoms with van der Waals surface area (Å²) in [5.41, 5.74) is 0.915. The highest BCUT2D eigenvalue weighted by atomic mass is 16.5. The van der Waals surface area contributed by atoms with Crippen LogP contribution in [-0.4, -0.2) is 47.7 Å². The predicted octanol–water partition coefficient (Wildman–Crippen LogP) is 1.86. The fraction of sp³-hybridized carbons (Fsp3) is 0.471. The molecule has 0 unspecified atom stereocenters. The Morgan fingerprint density at radius 1 is 1.36 bits per heavy atom. The number of ether oxygens (including phenoxy) is 2. The maximum absolute atomic E-state index is 12.4. The van der Waals surface area contributed by atoms with E-state index in [4.69, 9.17) is 9.47 Å². The zero-order valence-electron chi connectivity index (χ0n) is 14.5. The molecule has 25 heavy (non-hydrogen) atoms. The van der Waals surface area contributed by atoms with Gasteiger partial charge < -0.3 is 20.1 Å². The first kappa shape index (κ1) is 17.2. The highest BCUT2D eigenvalue weighted by Gasteiger charge is 2.19. The third kappa shape index (κ3) is 4.08. The number of methoxy groups -OCH3 is 1. The molecule has 134 valence electrons. The van der Waals surface area contributed by atoms with Crippen molar-refractivity contribution in [1.29, 1.82) is 0 Å². The van der Waals surface area contributed by atoms with Crippen LogP contribution in [0.3, 0.4) is 0 Å². The van der Waals surface area contributed by atoms with E-state index in [1.165, 1.54) is 0 Å². The number of rotatable bonds is 6. The summed E-state index contributed by atoms with van der Waals surface area (Å²) in [6.45, 7) is 4.32. The molecule has 1 aliphatic heterocycles. The molecule has 1 aromatic heterocycles. The van der Waals surface area contributed by atoms with Crippen molar-refractivity contribution in [2.75, 3.05) is 32.1 Å². The van der Waals surface area contributed by atoms with E-state index in [9.17, 15) is 4.79 Å². The molecule has 1 amide bonds. The van der Waals surface area contributed by atoms with E-state index in [-0.39, 0.29) is 5.91 Å². The Bertz CT molecular complexity index is 725. The van der Waals surface area contributed by atoms with Crippen molar-refractivity contribution >= 4 is 11.6 Å². The minimum atomic E-state index is -0.298. The Balaban J connectivity index is 1.69. The number of carbonyl (C=O) groups excluding carboxylic acids is 1. The molecule has 0 atom stereocenters. The van der Waals surface area contributed by atoms with Gasteiger partial charge in [0.2, 0.25) is 0 Å². The Hall–Kier alpha value is -2.61. The van der Waals surface area contributed by atoms with E-state index in [2.05, 4.69) is 20.9 Å². The molecule has 0 radical (unpaired) electrons. The SMILES string of the molecule is CCOc1cc(NC(=O)c2cn(C3CCNCC3)nn2)ccc1OC. The van der Waals surface area contributed by atoms with Gasteiger partial charge in [-0.15, -0.1) is 5.10 Å². The van der Waals surface area contributed by atoms with Crippen molar-refractivity contribution in [2.45, 2.75) is 25.8 Å². The van der Waals surface area contributed by atoms with Crippen molar-refractivity contribution < 1.29 is 14.3 Å². The second-order valence-corrected chi connectivity index (χ2v) is 5.82. The minimum absolute atomic E-state index is 0.292. The normalized spacial score (nSPS) is 15.0. The maximum Gasteiger partial charge on any atom is 0.277 e. The summed E-state index contributed by atoms with van der Waals surface area (Å²) in [5, 5.41) is 14.2. The van der Waals surface area contributed by atoms with Crippen LogP contribution in [0.2, 0.25) is 0 Å². The van der Waals surface area contributed by atoms with E-state index in [1.54, 1.807) is 36.2 Å². The van der Waals surface area contributed by atoms with Gasteiger partial charge in [0.1, 0.15) is 0 Å². The summed E-state index contributed by atoms with van der Waals surface area (Å²) >= 11 is 0. The van der Waals surface area contributed by atoms with Crippen LogP contribution >= 0.6 is 0 Å². The lowest BCUT2D eigenvalue weighted by atomic mass is 10.1. The molecule has 8 nitrogen and oxygen atoms in total. The molecule has 0 saturated carbocycles. The molecule has 1 saturated heterocycles. The number of aromatic nitrogens is 3. The molecule has 0 spiro atoms. The number of hydrogen-bond acceptors (Lipinski definition) is 6. The van der Waals surface area contributed by atoms with Crippen LogP contribution in [0, 0.1) is 0 Å². The van der Waals surface area contributed by atoms with Gasteiger partial charge in [-0.1, -0.05) is 5.21 Å². The van der Waals surface area contributed by atoms with Gasteiger partial charge >= 0.3 is 0 Å². The second kappa shape index (κ2) is 7.98. The first-order chi connectivity index (χ1) is 12.2. The zero-order chi connectivity index (χ0) is 17.6. The van der Waals surface area contributed by atoms with E-state index in [1.807, 2.05) is 6.92 Å². The lowest BCUT2D eigenvalue weighted by Gasteiger charge is -2.22. The second-order valence-electron chi connectivity index (χ2n) is 5.82. The first-order valence-electron chi connectivity index (χ1n) is 8.46. The monoisotopic (exact) mass is 345 g/mol. The highest BCUT2D eigenvalue weighted by Crippen LogP contribution is 2.30. The molecule has 2 aromatic rings. The Morgan fingerprint density at radius 3 is 2.88 bits per heavy atom. The number of amides is 1.